The third-order valence-electron chi connectivity index (χ3n) is 4.30. The lowest BCUT2D eigenvalue weighted by atomic mass is 10.2. The molecule has 1 heterocycles. The molecule has 0 saturated heterocycles. The van der Waals surface area contributed by atoms with E-state index in [9.17, 15) is 4.79 Å². The van der Waals surface area contributed by atoms with Gasteiger partial charge in [-0.2, -0.15) is 10.2 Å². The van der Waals surface area contributed by atoms with Gasteiger partial charge in [-0.1, -0.05) is 0 Å². The van der Waals surface area contributed by atoms with Crippen LogP contribution in [0.25, 0.3) is 0 Å². The Morgan fingerprint density at radius 1 is 1.00 bits per heavy atom. The molecule has 0 saturated carbocycles. The van der Waals surface area contributed by atoms with E-state index in [0.717, 1.165) is 22.6 Å². The van der Waals surface area contributed by atoms with Crippen LogP contribution in [0.5, 0.6) is 11.5 Å². The molecule has 1 N–H and O–H groups in total. The summed E-state index contributed by atoms with van der Waals surface area (Å²) in [5.74, 6) is 1.13. The van der Waals surface area contributed by atoms with Crippen LogP contribution in [-0.4, -0.2) is 42.3 Å². The number of hydrazone groups is 1. The normalized spacial score (nSPS) is 11.2. The van der Waals surface area contributed by atoms with Gasteiger partial charge in [0.25, 0.3) is 5.91 Å². The highest BCUT2D eigenvalue weighted by Crippen LogP contribution is 2.19. The van der Waals surface area contributed by atoms with Crippen molar-refractivity contribution in [1.82, 2.24) is 15.2 Å². The SMILES string of the molecule is CCn1ncc(N=Cc2ccc(OC)cc2)c1C(=O)N/N=C\c1ccc(OC)cc1. The van der Waals surface area contributed by atoms with Gasteiger partial charge in [-0.05, 0) is 66.6 Å². The molecule has 0 aliphatic rings. The van der Waals surface area contributed by atoms with Gasteiger partial charge in [0.05, 0.1) is 26.6 Å². The molecule has 0 aliphatic carbocycles. The minimum Gasteiger partial charge on any atom is -0.497 e. The summed E-state index contributed by atoms with van der Waals surface area (Å²) >= 11 is 0. The number of nitrogens with zero attached hydrogens (tertiary/aromatic N) is 4. The Bertz CT molecular complexity index is 1040. The Kier molecular flexibility index (Phi) is 6.94. The number of aliphatic imine (C=N–C) groups is 1. The number of hydrogen-bond acceptors (Lipinski definition) is 6. The number of benzene rings is 2. The van der Waals surface area contributed by atoms with Gasteiger partial charge in [-0.25, -0.2) is 5.43 Å². The second-order valence-corrected chi connectivity index (χ2v) is 6.20. The smallest absolute Gasteiger partial charge is 0.291 e. The third kappa shape index (κ3) is 5.11. The van der Waals surface area contributed by atoms with Crippen molar-refractivity contribution in [3.8, 4) is 11.5 Å². The Morgan fingerprint density at radius 2 is 1.57 bits per heavy atom. The molecule has 0 aliphatic heterocycles. The lowest BCUT2D eigenvalue weighted by molar-refractivity contribution is 0.0945. The Balaban J connectivity index is 1.73. The maximum absolute atomic E-state index is 12.7. The van der Waals surface area contributed by atoms with E-state index in [1.165, 1.54) is 0 Å². The summed E-state index contributed by atoms with van der Waals surface area (Å²) in [6, 6.07) is 14.8. The van der Waals surface area contributed by atoms with Crippen LogP contribution in [0, 0.1) is 0 Å². The van der Waals surface area contributed by atoms with Gasteiger partial charge >= 0.3 is 0 Å². The number of aromatic nitrogens is 2. The van der Waals surface area contributed by atoms with E-state index in [2.05, 4.69) is 20.6 Å². The second-order valence-electron chi connectivity index (χ2n) is 6.20. The third-order valence-corrected chi connectivity index (χ3v) is 4.30. The van der Waals surface area contributed by atoms with Crippen molar-refractivity contribution in [2.45, 2.75) is 13.5 Å². The first kappa shape index (κ1) is 20.8. The van der Waals surface area contributed by atoms with Crippen LogP contribution in [0.4, 0.5) is 5.69 Å². The molecule has 0 atom stereocenters. The summed E-state index contributed by atoms with van der Waals surface area (Å²) in [5.41, 5.74) is 5.05. The fraction of sp³-hybridized carbons (Fsp3) is 0.182. The summed E-state index contributed by atoms with van der Waals surface area (Å²) in [7, 11) is 3.22. The van der Waals surface area contributed by atoms with Crippen LogP contribution in [0.15, 0.2) is 64.8 Å². The minimum atomic E-state index is -0.388. The molecule has 3 rings (SSSR count). The van der Waals surface area contributed by atoms with Crippen LogP contribution in [0.2, 0.25) is 0 Å². The van der Waals surface area contributed by atoms with Gasteiger partial charge in [0.2, 0.25) is 0 Å². The molecule has 1 amide bonds. The first-order valence-electron chi connectivity index (χ1n) is 9.36. The Morgan fingerprint density at radius 3 is 2.10 bits per heavy atom. The van der Waals surface area contributed by atoms with Crippen molar-refractivity contribution in [2.24, 2.45) is 10.1 Å². The van der Waals surface area contributed by atoms with Crippen LogP contribution in [0.3, 0.4) is 0 Å². The largest absolute Gasteiger partial charge is 0.497 e. The molecule has 8 nitrogen and oxygen atoms in total. The zero-order valence-corrected chi connectivity index (χ0v) is 17.1. The predicted octanol–water partition coefficient (Wildman–Crippen LogP) is 3.43. The number of rotatable bonds is 8. The predicted molar refractivity (Wildman–Crippen MR) is 116 cm³/mol. The molecule has 0 radical (unpaired) electrons. The van der Waals surface area contributed by atoms with Gasteiger partial charge in [-0.15, -0.1) is 0 Å². The van der Waals surface area contributed by atoms with E-state index in [-0.39, 0.29) is 5.91 Å². The standard InChI is InChI=1S/C22H23N5O3/c1-4-27-21(22(28)26-24-14-17-7-11-19(30-3)12-8-17)20(15-25-27)23-13-16-5-9-18(29-2)10-6-16/h5-15H,4H2,1-3H3,(H,26,28)/b23-13?,24-14-. The van der Waals surface area contributed by atoms with Gasteiger partial charge < -0.3 is 9.47 Å². The Labute approximate surface area is 174 Å². The zero-order chi connectivity index (χ0) is 21.3. The maximum atomic E-state index is 12.7. The van der Waals surface area contributed by atoms with E-state index < -0.39 is 0 Å². The van der Waals surface area contributed by atoms with Gasteiger partial charge in [0, 0.05) is 12.8 Å². The summed E-state index contributed by atoms with van der Waals surface area (Å²) in [6.45, 7) is 2.43. The molecule has 30 heavy (non-hydrogen) atoms. The first-order chi connectivity index (χ1) is 14.6. The number of carbonyl (C=O) groups excluding carboxylic acids is 1. The molecule has 2 aromatic carbocycles. The van der Waals surface area contributed by atoms with Crippen LogP contribution < -0.4 is 14.9 Å². The zero-order valence-electron chi connectivity index (χ0n) is 17.1. The topological polar surface area (TPSA) is 90.1 Å². The molecule has 1 aromatic heterocycles. The fourth-order valence-corrected chi connectivity index (χ4v) is 2.69. The number of aryl methyl sites for hydroxylation is 1. The average Bonchev–Trinajstić information content (AvgIpc) is 3.21. The van der Waals surface area contributed by atoms with E-state index in [4.69, 9.17) is 9.47 Å². The summed E-state index contributed by atoms with van der Waals surface area (Å²) in [6.07, 6.45) is 4.80. The van der Waals surface area contributed by atoms with Crippen LogP contribution in [-0.2, 0) is 6.54 Å². The van der Waals surface area contributed by atoms with Crippen LogP contribution in [0.1, 0.15) is 28.5 Å². The molecule has 154 valence electrons. The molecular weight excluding hydrogens is 382 g/mol. The summed E-state index contributed by atoms with van der Waals surface area (Å²) in [4.78, 5) is 17.1. The minimum absolute atomic E-state index is 0.342. The van der Waals surface area contributed by atoms with Gasteiger partial charge in [0.15, 0.2) is 5.69 Å². The lowest BCUT2D eigenvalue weighted by Crippen LogP contribution is -2.22. The highest BCUT2D eigenvalue weighted by Gasteiger charge is 2.17. The molecule has 8 heteroatoms. The quantitative estimate of drug-likeness (QED) is 0.459. The molecule has 0 spiro atoms. The Hall–Kier alpha value is -3.94. The lowest BCUT2D eigenvalue weighted by Gasteiger charge is -2.04. The number of ether oxygens (including phenoxy) is 2. The van der Waals surface area contributed by atoms with Crippen molar-refractivity contribution < 1.29 is 14.3 Å². The molecule has 0 bridgehead atoms. The van der Waals surface area contributed by atoms with E-state index in [0.29, 0.717) is 17.9 Å². The molecular formula is C22H23N5O3. The van der Waals surface area contributed by atoms with Gasteiger partial charge in [-0.3, -0.25) is 14.5 Å². The number of amides is 1. The van der Waals surface area contributed by atoms with E-state index >= 15 is 0 Å². The highest BCUT2D eigenvalue weighted by atomic mass is 16.5. The fourth-order valence-electron chi connectivity index (χ4n) is 2.69. The summed E-state index contributed by atoms with van der Waals surface area (Å²) < 4.78 is 11.9. The van der Waals surface area contributed by atoms with E-state index in [1.807, 2.05) is 55.5 Å². The van der Waals surface area contributed by atoms with Crippen molar-refractivity contribution in [3.63, 3.8) is 0 Å². The number of nitrogens with one attached hydrogen (secondary N) is 1. The monoisotopic (exact) mass is 405 g/mol. The number of carbonyl (C=O) groups is 1. The van der Waals surface area contributed by atoms with Gasteiger partial charge in [0.1, 0.15) is 17.2 Å². The van der Waals surface area contributed by atoms with Crippen molar-refractivity contribution in [3.05, 3.63) is 71.5 Å². The second kappa shape index (κ2) is 10.0. The van der Waals surface area contributed by atoms with Crippen molar-refractivity contribution >= 4 is 24.0 Å². The van der Waals surface area contributed by atoms with Crippen molar-refractivity contribution in [2.75, 3.05) is 14.2 Å². The summed E-state index contributed by atoms with van der Waals surface area (Å²) in [5, 5.41) is 8.27. The van der Waals surface area contributed by atoms with E-state index in [1.54, 1.807) is 37.5 Å². The first-order valence-corrected chi connectivity index (χ1v) is 9.36. The molecule has 0 unspecified atom stereocenters. The highest BCUT2D eigenvalue weighted by molar-refractivity contribution is 5.98. The molecule has 0 fully saturated rings. The number of hydrogen-bond donors (Lipinski definition) is 1. The molecule has 3 aromatic rings. The van der Waals surface area contributed by atoms with Crippen molar-refractivity contribution in [1.29, 1.82) is 0 Å². The maximum Gasteiger partial charge on any atom is 0.291 e. The number of methoxy groups -OCH3 is 2. The van der Waals surface area contributed by atoms with Crippen LogP contribution >= 0.6 is 0 Å². The average molecular weight is 405 g/mol.